The maximum absolute atomic E-state index is 11.5. The molecule has 27 heavy (non-hydrogen) atoms. The Morgan fingerprint density at radius 1 is 0.630 bits per heavy atom. The van der Waals surface area contributed by atoms with Crippen molar-refractivity contribution < 1.29 is 52.4 Å². The highest BCUT2D eigenvalue weighted by molar-refractivity contribution is 5.69. The van der Waals surface area contributed by atoms with Gasteiger partial charge in [-0.15, -0.1) is 0 Å². The zero-order valence-electron chi connectivity index (χ0n) is 15.6. The fourth-order valence-electron chi connectivity index (χ4n) is 2.45. The minimum absolute atomic E-state index is 0.393. The quantitative estimate of drug-likeness (QED) is 0.433. The summed E-state index contributed by atoms with van der Waals surface area (Å²) >= 11 is 0. The molecule has 11 nitrogen and oxygen atoms in total. The predicted octanol–water partition coefficient (Wildman–Crippen LogP) is -0.367. The molecule has 0 aliphatic carbocycles. The van der Waals surface area contributed by atoms with Crippen molar-refractivity contribution in [2.45, 2.75) is 65.3 Å². The Morgan fingerprint density at radius 2 is 1.07 bits per heavy atom. The molecule has 1 rings (SSSR count). The summed E-state index contributed by atoms with van der Waals surface area (Å²) in [5, 5.41) is 0. The van der Waals surface area contributed by atoms with Gasteiger partial charge in [-0.3, -0.25) is 24.0 Å². The van der Waals surface area contributed by atoms with Gasteiger partial charge in [0.05, 0.1) is 0 Å². The third-order valence-electron chi connectivity index (χ3n) is 3.23. The molecule has 1 aliphatic rings. The molecule has 0 N–H and O–H groups in total. The van der Waals surface area contributed by atoms with Gasteiger partial charge in [-0.25, -0.2) is 0 Å². The minimum atomic E-state index is -1.48. The third-order valence-corrected chi connectivity index (χ3v) is 3.23. The molecule has 0 radical (unpaired) electrons. The number of hydrogen-bond donors (Lipinski definition) is 0. The predicted molar refractivity (Wildman–Crippen MR) is 83.7 cm³/mol. The van der Waals surface area contributed by atoms with Gasteiger partial charge in [0.25, 0.3) is 0 Å². The summed E-state index contributed by atoms with van der Waals surface area (Å²) in [5.74, 6) is -3.71. The van der Waals surface area contributed by atoms with Gasteiger partial charge in [0.2, 0.25) is 12.4 Å². The van der Waals surface area contributed by atoms with Crippen LogP contribution in [0.3, 0.4) is 0 Å². The monoisotopic (exact) mass is 390 g/mol. The summed E-state index contributed by atoms with van der Waals surface area (Å²) in [5.41, 5.74) is 0. The molecule has 0 bridgehead atoms. The van der Waals surface area contributed by atoms with Crippen LogP contribution in [0.1, 0.15) is 34.6 Å². The Kier molecular flexibility index (Phi) is 8.16. The van der Waals surface area contributed by atoms with E-state index in [2.05, 4.69) is 0 Å². The van der Waals surface area contributed by atoms with Crippen LogP contribution in [-0.4, -0.2) is 67.2 Å². The van der Waals surface area contributed by atoms with Gasteiger partial charge >= 0.3 is 29.8 Å². The van der Waals surface area contributed by atoms with Gasteiger partial charge in [-0.05, 0) is 0 Å². The molecule has 0 spiro atoms. The van der Waals surface area contributed by atoms with E-state index >= 15 is 0 Å². The molecule has 0 aromatic rings. The Hall–Kier alpha value is -2.69. The van der Waals surface area contributed by atoms with Crippen LogP contribution in [0.5, 0.6) is 0 Å². The van der Waals surface area contributed by atoms with Crippen molar-refractivity contribution in [3.63, 3.8) is 0 Å². The van der Waals surface area contributed by atoms with Crippen molar-refractivity contribution in [2.75, 3.05) is 6.61 Å². The Labute approximate surface area is 155 Å². The molecule has 5 atom stereocenters. The van der Waals surface area contributed by atoms with Gasteiger partial charge < -0.3 is 28.4 Å². The number of hydrogen-bond acceptors (Lipinski definition) is 11. The lowest BCUT2D eigenvalue weighted by Crippen LogP contribution is -2.63. The zero-order chi connectivity index (χ0) is 20.7. The lowest BCUT2D eigenvalue weighted by atomic mass is 9.98. The van der Waals surface area contributed by atoms with Crippen LogP contribution < -0.4 is 0 Å². The fraction of sp³-hybridized carbons (Fsp3) is 0.688. The van der Waals surface area contributed by atoms with Gasteiger partial charge in [-0.2, -0.15) is 0 Å². The van der Waals surface area contributed by atoms with Gasteiger partial charge in [0.1, 0.15) is 12.7 Å². The smallest absolute Gasteiger partial charge is 0.305 e. The standard InChI is InChI=1S/C16H22O11/c1-7(17)22-6-12-13(23-8(2)18)14(24-9(3)19)15(25-10(4)20)16(27-12)26-11(5)21/h12-16H,6H2,1-5H3/t12-,13+,14+,15+,16?/m1/s1. The Balaban J connectivity index is 3.29. The SMILES string of the molecule is CC(=O)OC[C@H]1OC(OC(C)=O)[C@@H](OC(C)=O)[C@@H](OC(C)=O)[C@H]1OC(C)=O. The fourth-order valence-corrected chi connectivity index (χ4v) is 2.45. The van der Waals surface area contributed by atoms with Crippen molar-refractivity contribution >= 4 is 29.8 Å². The van der Waals surface area contributed by atoms with E-state index in [0.29, 0.717) is 0 Å². The topological polar surface area (TPSA) is 141 Å². The lowest BCUT2D eigenvalue weighted by Gasteiger charge is -2.43. The molecular weight excluding hydrogens is 368 g/mol. The van der Waals surface area contributed by atoms with Gasteiger partial charge in [0, 0.05) is 34.6 Å². The summed E-state index contributed by atoms with van der Waals surface area (Å²) in [4.78, 5) is 57.0. The average Bonchev–Trinajstić information content (AvgIpc) is 2.49. The van der Waals surface area contributed by atoms with Crippen molar-refractivity contribution in [3.8, 4) is 0 Å². The highest BCUT2D eigenvalue weighted by Crippen LogP contribution is 2.29. The molecule has 1 aliphatic heterocycles. The summed E-state index contributed by atoms with van der Waals surface area (Å²) < 4.78 is 30.8. The lowest BCUT2D eigenvalue weighted by molar-refractivity contribution is -0.300. The summed E-state index contributed by atoms with van der Waals surface area (Å²) in [6.45, 7) is 5.13. The highest BCUT2D eigenvalue weighted by Gasteiger charge is 2.53. The maximum atomic E-state index is 11.5. The van der Waals surface area contributed by atoms with E-state index in [0.717, 1.165) is 34.6 Å². The summed E-state index contributed by atoms with van der Waals surface area (Å²) in [6, 6.07) is 0. The van der Waals surface area contributed by atoms with E-state index in [4.69, 9.17) is 28.4 Å². The first kappa shape index (κ1) is 22.4. The van der Waals surface area contributed by atoms with E-state index < -0.39 is 67.2 Å². The highest BCUT2D eigenvalue weighted by atomic mass is 16.7. The van der Waals surface area contributed by atoms with Crippen LogP contribution in [0.15, 0.2) is 0 Å². The molecule has 1 unspecified atom stereocenters. The molecule has 0 saturated carbocycles. The maximum Gasteiger partial charge on any atom is 0.305 e. The molecular formula is C16H22O11. The third kappa shape index (κ3) is 7.21. The van der Waals surface area contributed by atoms with E-state index in [1.807, 2.05) is 0 Å². The number of carbonyl (C=O) groups excluding carboxylic acids is 5. The molecule has 152 valence electrons. The first-order valence-corrected chi connectivity index (χ1v) is 7.99. The Morgan fingerprint density at radius 3 is 1.52 bits per heavy atom. The molecule has 1 fully saturated rings. The molecule has 0 amide bonds. The first-order valence-electron chi connectivity index (χ1n) is 7.99. The van der Waals surface area contributed by atoms with Crippen LogP contribution in [-0.2, 0) is 52.4 Å². The van der Waals surface area contributed by atoms with E-state index in [9.17, 15) is 24.0 Å². The molecule has 1 saturated heterocycles. The van der Waals surface area contributed by atoms with Crippen LogP contribution in [0, 0.1) is 0 Å². The number of ether oxygens (including phenoxy) is 6. The minimum Gasteiger partial charge on any atom is -0.463 e. The van der Waals surface area contributed by atoms with Crippen molar-refractivity contribution in [3.05, 3.63) is 0 Å². The second kappa shape index (κ2) is 9.86. The number of rotatable bonds is 6. The summed E-state index contributed by atoms with van der Waals surface area (Å²) in [7, 11) is 0. The molecule has 0 aromatic heterocycles. The number of carbonyl (C=O) groups is 5. The summed E-state index contributed by atoms with van der Waals surface area (Å²) in [6.07, 6.45) is -6.70. The van der Waals surface area contributed by atoms with E-state index in [-0.39, 0.29) is 0 Å². The Bertz CT molecular complexity index is 599. The number of esters is 5. The van der Waals surface area contributed by atoms with Crippen LogP contribution in [0.2, 0.25) is 0 Å². The van der Waals surface area contributed by atoms with Crippen LogP contribution in [0.25, 0.3) is 0 Å². The van der Waals surface area contributed by atoms with Crippen molar-refractivity contribution in [1.29, 1.82) is 0 Å². The van der Waals surface area contributed by atoms with Crippen molar-refractivity contribution in [1.82, 2.24) is 0 Å². The van der Waals surface area contributed by atoms with Crippen LogP contribution in [0.4, 0.5) is 0 Å². The molecule has 0 aromatic carbocycles. The van der Waals surface area contributed by atoms with Gasteiger partial charge in [0.15, 0.2) is 12.2 Å². The largest absolute Gasteiger partial charge is 0.463 e. The molecule has 11 heteroatoms. The second-order valence-electron chi connectivity index (χ2n) is 5.68. The zero-order valence-corrected chi connectivity index (χ0v) is 15.6. The first-order chi connectivity index (χ1) is 12.5. The van der Waals surface area contributed by atoms with Crippen LogP contribution >= 0.6 is 0 Å². The second-order valence-corrected chi connectivity index (χ2v) is 5.68. The van der Waals surface area contributed by atoms with E-state index in [1.165, 1.54) is 0 Å². The van der Waals surface area contributed by atoms with E-state index in [1.54, 1.807) is 0 Å². The molecule has 1 heterocycles. The normalized spacial score (nSPS) is 27.1. The van der Waals surface area contributed by atoms with Gasteiger partial charge in [-0.1, -0.05) is 0 Å². The average molecular weight is 390 g/mol. The van der Waals surface area contributed by atoms with Crippen molar-refractivity contribution in [2.24, 2.45) is 0 Å².